The van der Waals surface area contributed by atoms with Crippen LogP contribution in [0.5, 0.6) is 0 Å². The zero-order chi connectivity index (χ0) is 22.1. The van der Waals surface area contributed by atoms with Crippen LogP contribution in [-0.4, -0.2) is 64.7 Å². The molecule has 2 rings (SSSR count). The second-order valence-corrected chi connectivity index (χ2v) is 7.55. The first-order chi connectivity index (χ1) is 13.2. The molecule has 1 aliphatic heterocycles. The van der Waals surface area contributed by atoms with Gasteiger partial charge in [-0.25, -0.2) is 9.59 Å². The molecule has 0 spiro atoms. The molecule has 0 aliphatic carbocycles. The van der Waals surface area contributed by atoms with E-state index < -0.39 is 52.1 Å². The zero-order valence-electron chi connectivity index (χ0n) is 16.2. The van der Waals surface area contributed by atoms with E-state index in [9.17, 15) is 32.7 Å². The van der Waals surface area contributed by atoms with E-state index in [0.29, 0.717) is 12.1 Å². The number of benzene rings is 1. The summed E-state index contributed by atoms with van der Waals surface area (Å²) in [6, 6.07) is 0.930. The van der Waals surface area contributed by atoms with E-state index in [-0.39, 0.29) is 26.2 Å². The highest BCUT2D eigenvalue weighted by Gasteiger charge is 2.35. The molecule has 1 aromatic carbocycles. The Kier molecular flexibility index (Phi) is 6.00. The number of ether oxygens (including phenoxy) is 1. The maximum Gasteiger partial charge on any atom is 0.416 e. The topological polar surface area (TPSA) is 113 Å². The van der Waals surface area contributed by atoms with Gasteiger partial charge in [-0.15, -0.1) is 0 Å². The first-order valence-corrected chi connectivity index (χ1v) is 8.72. The van der Waals surface area contributed by atoms with E-state index in [4.69, 9.17) is 10.5 Å². The summed E-state index contributed by atoms with van der Waals surface area (Å²) in [5, 5.41) is 9.29. The van der Waals surface area contributed by atoms with Gasteiger partial charge in [-0.05, 0) is 32.9 Å². The van der Waals surface area contributed by atoms with Crippen LogP contribution in [0.4, 0.5) is 23.7 Å². The molecule has 0 bridgehead atoms. The molecule has 2 amide bonds. The first kappa shape index (κ1) is 22.3. The van der Waals surface area contributed by atoms with Gasteiger partial charge in [0, 0.05) is 31.9 Å². The number of nitrogen functional groups attached to an aromatic ring is 1. The molecule has 0 atom stereocenters. The molecule has 1 heterocycles. The van der Waals surface area contributed by atoms with Crippen molar-refractivity contribution in [3.8, 4) is 0 Å². The minimum atomic E-state index is -4.81. The Hall–Kier alpha value is -2.98. The van der Waals surface area contributed by atoms with Crippen LogP contribution in [0.25, 0.3) is 0 Å². The van der Waals surface area contributed by atoms with Crippen LogP contribution in [-0.2, 0) is 10.9 Å². The first-order valence-electron chi connectivity index (χ1n) is 8.72. The zero-order valence-corrected chi connectivity index (χ0v) is 16.2. The van der Waals surface area contributed by atoms with Gasteiger partial charge < -0.3 is 25.4 Å². The van der Waals surface area contributed by atoms with Gasteiger partial charge >= 0.3 is 18.2 Å². The number of hydrogen-bond donors (Lipinski definition) is 2. The molecule has 0 saturated carbocycles. The van der Waals surface area contributed by atoms with Crippen molar-refractivity contribution in [2.75, 3.05) is 31.9 Å². The van der Waals surface area contributed by atoms with E-state index in [1.807, 2.05) is 0 Å². The minimum absolute atomic E-state index is 0.0532. The molecule has 0 aromatic heterocycles. The maximum absolute atomic E-state index is 12.9. The molecule has 1 aliphatic rings. The Balaban J connectivity index is 2.22. The van der Waals surface area contributed by atoms with Crippen molar-refractivity contribution < 1.29 is 37.4 Å². The third-order valence-corrected chi connectivity index (χ3v) is 4.16. The van der Waals surface area contributed by atoms with Crippen molar-refractivity contribution in [1.82, 2.24) is 9.80 Å². The lowest BCUT2D eigenvalue weighted by Gasteiger charge is -2.36. The number of piperazine rings is 1. The number of carboxylic acid groups (broad SMARTS) is 1. The molecule has 0 radical (unpaired) electrons. The van der Waals surface area contributed by atoms with Gasteiger partial charge in [-0.3, -0.25) is 4.79 Å². The van der Waals surface area contributed by atoms with Crippen LogP contribution in [0, 0.1) is 0 Å². The lowest BCUT2D eigenvalue weighted by Crippen LogP contribution is -2.51. The molecule has 1 fully saturated rings. The molecule has 29 heavy (non-hydrogen) atoms. The summed E-state index contributed by atoms with van der Waals surface area (Å²) in [5.41, 5.74) is 1.78. The third-order valence-electron chi connectivity index (χ3n) is 4.16. The van der Waals surface area contributed by atoms with Gasteiger partial charge in [0.2, 0.25) is 0 Å². The average Bonchev–Trinajstić information content (AvgIpc) is 2.58. The van der Waals surface area contributed by atoms with Crippen molar-refractivity contribution in [2.24, 2.45) is 0 Å². The number of carbonyl (C=O) groups excluding carboxylic acids is 2. The minimum Gasteiger partial charge on any atom is -0.478 e. The number of anilines is 1. The maximum atomic E-state index is 12.9. The fourth-order valence-corrected chi connectivity index (χ4v) is 2.81. The van der Waals surface area contributed by atoms with Crippen molar-refractivity contribution in [2.45, 2.75) is 32.5 Å². The highest BCUT2D eigenvalue weighted by Crippen LogP contribution is 2.34. The summed E-state index contributed by atoms with van der Waals surface area (Å²) in [6.45, 7) is 5.50. The number of hydrogen-bond acceptors (Lipinski definition) is 5. The SMILES string of the molecule is CC(C)(C)OC(=O)N1CCN(C(=O)c2c(N)cc(C(F)(F)F)cc2C(=O)O)CC1. The molecule has 8 nitrogen and oxygen atoms in total. The summed E-state index contributed by atoms with van der Waals surface area (Å²) < 4.78 is 44.1. The van der Waals surface area contributed by atoms with Crippen LogP contribution in [0.3, 0.4) is 0 Å². The number of alkyl halides is 3. The smallest absolute Gasteiger partial charge is 0.416 e. The Bertz CT molecular complexity index is 825. The lowest BCUT2D eigenvalue weighted by atomic mass is 9.99. The molecule has 11 heteroatoms. The standard InChI is InChI=1S/C18H22F3N3O5/c1-17(2,3)29-16(28)24-6-4-23(5-7-24)14(25)13-11(15(26)27)8-10(9-12(13)22)18(19,20)21/h8-9H,4-7,22H2,1-3H3,(H,26,27). The van der Waals surface area contributed by atoms with Gasteiger partial charge in [0.25, 0.3) is 5.91 Å². The van der Waals surface area contributed by atoms with Crippen LogP contribution < -0.4 is 5.73 Å². The number of nitrogens with zero attached hydrogens (tertiary/aromatic N) is 2. The highest BCUT2D eigenvalue weighted by atomic mass is 19.4. The molecule has 3 N–H and O–H groups in total. The number of rotatable bonds is 2. The van der Waals surface area contributed by atoms with E-state index >= 15 is 0 Å². The molecule has 1 aromatic rings. The summed E-state index contributed by atoms with van der Waals surface area (Å²) in [7, 11) is 0. The van der Waals surface area contributed by atoms with Gasteiger partial charge in [-0.2, -0.15) is 13.2 Å². The largest absolute Gasteiger partial charge is 0.478 e. The van der Waals surface area contributed by atoms with E-state index in [2.05, 4.69) is 0 Å². The number of carbonyl (C=O) groups is 3. The predicted molar refractivity (Wildman–Crippen MR) is 96.5 cm³/mol. The van der Waals surface area contributed by atoms with Crippen LogP contribution >= 0.6 is 0 Å². The second-order valence-electron chi connectivity index (χ2n) is 7.55. The van der Waals surface area contributed by atoms with Gasteiger partial charge in [-0.1, -0.05) is 0 Å². The van der Waals surface area contributed by atoms with Crippen LogP contribution in [0.15, 0.2) is 12.1 Å². The number of carboxylic acids is 1. The second kappa shape index (κ2) is 7.80. The quantitative estimate of drug-likeness (QED) is 0.716. The van der Waals surface area contributed by atoms with Crippen molar-refractivity contribution in [3.63, 3.8) is 0 Å². The normalized spacial score (nSPS) is 15.2. The monoisotopic (exact) mass is 417 g/mol. The number of halogens is 3. The molecule has 1 saturated heterocycles. The summed E-state index contributed by atoms with van der Waals surface area (Å²) in [6.07, 6.45) is -5.36. The average molecular weight is 417 g/mol. The van der Waals surface area contributed by atoms with Crippen LogP contribution in [0.1, 0.15) is 47.1 Å². The van der Waals surface area contributed by atoms with E-state index in [0.717, 1.165) is 0 Å². The molecule has 160 valence electrons. The molecular formula is C18H22F3N3O5. The van der Waals surface area contributed by atoms with Gasteiger partial charge in [0.15, 0.2) is 0 Å². The molecular weight excluding hydrogens is 395 g/mol. The predicted octanol–water partition coefficient (Wildman–Crippen LogP) is 2.68. The Morgan fingerprint density at radius 2 is 1.55 bits per heavy atom. The number of amides is 2. The number of nitrogens with two attached hydrogens (primary N) is 1. The number of aromatic carboxylic acids is 1. The summed E-state index contributed by atoms with van der Waals surface area (Å²) in [5.74, 6) is -2.50. The van der Waals surface area contributed by atoms with Crippen molar-refractivity contribution in [1.29, 1.82) is 0 Å². The van der Waals surface area contributed by atoms with Crippen molar-refractivity contribution in [3.05, 3.63) is 28.8 Å². The Labute approximate surface area is 165 Å². The Morgan fingerprint density at radius 3 is 2.00 bits per heavy atom. The van der Waals surface area contributed by atoms with Gasteiger partial charge in [0.1, 0.15) is 5.60 Å². The lowest BCUT2D eigenvalue weighted by molar-refractivity contribution is -0.137. The molecule has 0 unspecified atom stereocenters. The summed E-state index contributed by atoms with van der Waals surface area (Å²) >= 11 is 0. The van der Waals surface area contributed by atoms with Crippen molar-refractivity contribution >= 4 is 23.7 Å². The van der Waals surface area contributed by atoms with Gasteiger partial charge in [0.05, 0.1) is 16.7 Å². The van der Waals surface area contributed by atoms with E-state index in [1.54, 1.807) is 20.8 Å². The Morgan fingerprint density at radius 1 is 1.03 bits per heavy atom. The van der Waals surface area contributed by atoms with Crippen LogP contribution in [0.2, 0.25) is 0 Å². The summed E-state index contributed by atoms with van der Waals surface area (Å²) in [4.78, 5) is 38.9. The van der Waals surface area contributed by atoms with E-state index in [1.165, 1.54) is 9.80 Å². The third kappa shape index (κ3) is 5.30. The highest BCUT2D eigenvalue weighted by molar-refractivity contribution is 6.08. The fourth-order valence-electron chi connectivity index (χ4n) is 2.81. The fraction of sp³-hybridized carbons (Fsp3) is 0.500.